The van der Waals surface area contributed by atoms with Gasteiger partial charge in [-0.05, 0) is 43.4 Å². The fourth-order valence-electron chi connectivity index (χ4n) is 2.64. The first-order valence-corrected chi connectivity index (χ1v) is 12.3. The van der Waals surface area contributed by atoms with E-state index >= 15 is 0 Å². The van der Waals surface area contributed by atoms with Crippen molar-refractivity contribution in [2.75, 3.05) is 13.3 Å². The summed E-state index contributed by atoms with van der Waals surface area (Å²) >= 11 is 1.01. The van der Waals surface area contributed by atoms with Crippen molar-refractivity contribution in [2.24, 2.45) is 0 Å². The molecule has 0 saturated carbocycles. The highest BCUT2D eigenvalue weighted by Crippen LogP contribution is 2.39. The topological polar surface area (TPSA) is 93.2 Å². The van der Waals surface area contributed by atoms with Crippen LogP contribution in [0.2, 0.25) is 0 Å². The molecular weight excluding hydrogens is 459 g/mol. The lowest BCUT2D eigenvalue weighted by Crippen LogP contribution is -2.04. The molecule has 156 valence electrons. The van der Waals surface area contributed by atoms with Crippen LogP contribution in [0, 0.1) is 5.95 Å². The highest BCUT2D eigenvalue weighted by atomic mass is 35.5. The monoisotopic (exact) mass is 476 g/mol. The van der Waals surface area contributed by atoms with Gasteiger partial charge in [-0.15, -0.1) is 23.7 Å². The fraction of sp³-hybridized carbons (Fsp3) is 0.167. The molecule has 3 aromatic rings. The van der Waals surface area contributed by atoms with Gasteiger partial charge in [-0.3, -0.25) is 0 Å². The van der Waals surface area contributed by atoms with Crippen LogP contribution in [0.5, 0.6) is 0 Å². The molecule has 0 atom stereocenters. The SMILES string of the molecule is CNCc1cc(-c2cccnc2F)c(S(=O)(=O)c2cccc(S(C)(=O)=O)c2)s1.Cl. The number of hydrogen-bond donors (Lipinski definition) is 1. The van der Waals surface area contributed by atoms with Crippen LogP contribution in [0.25, 0.3) is 11.1 Å². The molecule has 0 radical (unpaired) electrons. The Bertz CT molecular complexity index is 1240. The van der Waals surface area contributed by atoms with Crippen molar-refractivity contribution in [2.45, 2.75) is 20.5 Å². The second-order valence-corrected chi connectivity index (χ2v) is 11.3. The molecule has 0 amide bonds. The lowest BCUT2D eigenvalue weighted by Gasteiger charge is -2.08. The summed E-state index contributed by atoms with van der Waals surface area (Å²) in [6, 6.07) is 9.73. The Hall–Kier alpha value is -1.85. The predicted octanol–water partition coefficient (Wildman–Crippen LogP) is 3.33. The summed E-state index contributed by atoms with van der Waals surface area (Å²) in [7, 11) is -5.95. The number of halogens is 2. The van der Waals surface area contributed by atoms with Gasteiger partial charge in [0, 0.05) is 35.0 Å². The second kappa shape index (κ2) is 8.88. The largest absolute Gasteiger partial charge is 0.315 e. The normalized spacial score (nSPS) is 11.8. The van der Waals surface area contributed by atoms with E-state index in [1.54, 1.807) is 13.1 Å². The van der Waals surface area contributed by atoms with E-state index in [-0.39, 0.29) is 37.5 Å². The Labute approximate surface area is 179 Å². The van der Waals surface area contributed by atoms with Crippen LogP contribution in [-0.2, 0) is 26.2 Å². The minimum absolute atomic E-state index is 0. The summed E-state index contributed by atoms with van der Waals surface area (Å²) in [6.45, 7) is 0.401. The molecule has 1 N–H and O–H groups in total. The number of nitrogens with one attached hydrogen (secondary N) is 1. The van der Waals surface area contributed by atoms with E-state index in [0.717, 1.165) is 23.7 Å². The summed E-state index contributed by atoms with van der Waals surface area (Å²) in [5.74, 6) is -0.780. The first-order valence-electron chi connectivity index (χ1n) is 8.08. The minimum Gasteiger partial charge on any atom is -0.315 e. The zero-order chi connectivity index (χ0) is 20.5. The van der Waals surface area contributed by atoms with Crippen LogP contribution in [-0.4, -0.2) is 35.1 Å². The van der Waals surface area contributed by atoms with Gasteiger partial charge in [-0.1, -0.05) is 6.07 Å². The first kappa shape index (κ1) is 23.4. The van der Waals surface area contributed by atoms with Crippen LogP contribution < -0.4 is 5.32 Å². The van der Waals surface area contributed by atoms with Crippen LogP contribution >= 0.6 is 23.7 Å². The van der Waals surface area contributed by atoms with Crippen LogP contribution in [0.15, 0.2) is 62.7 Å². The van der Waals surface area contributed by atoms with Crippen molar-refractivity contribution in [3.05, 3.63) is 59.5 Å². The molecule has 1 aromatic carbocycles. The average Bonchev–Trinajstić information content (AvgIpc) is 3.06. The van der Waals surface area contributed by atoms with Crippen molar-refractivity contribution >= 4 is 43.4 Å². The number of hydrogen-bond acceptors (Lipinski definition) is 7. The van der Waals surface area contributed by atoms with Crippen molar-refractivity contribution in [1.29, 1.82) is 0 Å². The van der Waals surface area contributed by atoms with Crippen molar-refractivity contribution in [3.8, 4) is 11.1 Å². The Morgan fingerprint density at radius 3 is 2.34 bits per heavy atom. The first-order chi connectivity index (χ1) is 13.1. The molecule has 0 bridgehead atoms. The summed E-state index contributed by atoms with van der Waals surface area (Å²) in [4.78, 5) is 4.02. The van der Waals surface area contributed by atoms with Gasteiger partial charge in [-0.25, -0.2) is 21.8 Å². The summed E-state index contributed by atoms with van der Waals surface area (Å²) in [6.07, 6.45) is 2.29. The molecule has 2 aromatic heterocycles. The third kappa shape index (κ3) is 4.84. The molecule has 0 aliphatic heterocycles. The number of thiophene rings is 1. The zero-order valence-electron chi connectivity index (χ0n) is 15.4. The Kier molecular flexibility index (Phi) is 7.18. The van der Waals surface area contributed by atoms with Gasteiger partial charge in [0.1, 0.15) is 4.21 Å². The number of sulfone groups is 2. The molecule has 0 saturated heterocycles. The smallest absolute Gasteiger partial charge is 0.220 e. The molecule has 0 fully saturated rings. The summed E-state index contributed by atoms with van der Waals surface area (Å²) < 4.78 is 64.4. The Morgan fingerprint density at radius 2 is 1.72 bits per heavy atom. The van der Waals surface area contributed by atoms with Gasteiger partial charge in [0.05, 0.1) is 9.79 Å². The number of rotatable bonds is 6. The molecular formula is C18H18ClFN2O4S3. The predicted molar refractivity (Wildman–Crippen MR) is 113 cm³/mol. The summed E-state index contributed by atoms with van der Waals surface area (Å²) in [5, 5.41) is 2.94. The molecule has 0 spiro atoms. The number of nitrogens with zero attached hydrogens (tertiary/aromatic N) is 1. The lowest BCUT2D eigenvalue weighted by atomic mass is 10.1. The van der Waals surface area contributed by atoms with Crippen LogP contribution in [0.4, 0.5) is 4.39 Å². The third-order valence-electron chi connectivity index (χ3n) is 3.94. The number of aromatic nitrogens is 1. The maximum atomic E-state index is 14.3. The van der Waals surface area contributed by atoms with Crippen molar-refractivity contribution in [3.63, 3.8) is 0 Å². The zero-order valence-corrected chi connectivity index (χ0v) is 18.7. The molecule has 2 heterocycles. The van der Waals surface area contributed by atoms with E-state index in [1.807, 2.05) is 0 Å². The molecule has 29 heavy (non-hydrogen) atoms. The van der Waals surface area contributed by atoms with Gasteiger partial charge in [-0.2, -0.15) is 4.39 Å². The standard InChI is InChI=1S/C18H17FN2O4S3.ClH/c1-20-11-12-9-16(15-7-4-8-21-17(15)19)18(26-12)28(24,25)14-6-3-5-13(10-14)27(2,22)23;/h3-10,20H,11H2,1-2H3;1H. The molecule has 6 nitrogen and oxygen atoms in total. The second-order valence-electron chi connectivity index (χ2n) is 6.04. The van der Waals surface area contributed by atoms with Crippen LogP contribution in [0.3, 0.4) is 0 Å². The van der Waals surface area contributed by atoms with Gasteiger partial charge < -0.3 is 5.32 Å². The summed E-state index contributed by atoms with van der Waals surface area (Å²) in [5.41, 5.74) is 0.268. The van der Waals surface area contributed by atoms with Crippen molar-refractivity contribution in [1.82, 2.24) is 10.3 Å². The molecule has 0 aliphatic rings. The fourth-order valence-corrected chi connectivity index (χ4v) is 6.55. The average molecular weight is 477 g/mol. The Balaban J connectivity index is 0.00000300. The van der Waals surface area contributed by atoms with E-state index < -0.39 is 25.6 Å². The maximum Gasteiger partial charge on any atom is 0.220 e. The minimum atomic E-state index is -4.08. The quantitative estimate of drug-likeness (QED) is 0.548. The van der Waals surface area contributed by atoms with E-state index in [0.29, 0.717) is 11.4 Å². The molecule has 0 unspecified atom stereocenters. The maximum absolute atomic E-state index is 14.3. The molecule has 11 heteroatoms. The highest BCUT2D eigenvalue weighted by Gasteiger charge is 2.27. The molecule has 0 aliphatic carbocycles. The van der Waals surface area contributed by atoms with Gasteiger partial charge >= 0.3 is 0 Å². The van der Waals surface area contributed by atoms with E-state index in [1.165, 1.54) is 36.5 Å². The van der Waals surface area contributed by atoms with E-state index in [4.69, 9.17) is 0 Å². The van der Waals surface area contributed by atoms with Gasteiger partial charge in [0.25, 0.3) is 0 Å². The molecule has 3 rings (SSSR count). The number of benzene rings is 1. The highest BCUT2D eigenvalue weighted by molar-refractivity contribution is 7.94. The lowest BCUT2D eigenvalue weighted by molar-refractivity contribution is 0.587. The van der Waals surface area contributed by atoms with Gasteiger partial charge in [0.2, 0.25) is 15.8 Å². The van der Waals surface area contributed by atoms with E-state index in [9.17, 15) is 21.2 Å². The number of pyridine rings is 1. The van der Waals surface area contributed by atoms with Gasteiger partial charge in [0.15, 0.2) is 9.84 Å². The third-order valence-corrected chi connectivity index (χ3v) is 8.47. The van der Waals surface area contributed by atoms with Crippen LogP contribution in [0.1, 0.15) is 4.88 Å². The van der Waals surface area contributed by atoms with Crippen molar-refractivity contribution < 1.29 is 21.2 Å². The Morgan fingerprint density at radius 1 is 1.03 bits per heavy atom. The van der Waals surface area contributed by atoms with E-state index in [2.05, 4.69) is 10.3 Å².